The van der Waals surface area contributed by atoms with Gasteiger partial charge in [-0.05, 0) is 44.1 Å². The summed E-state index contributed by atoms with van der Waals surface area (Å²) in [5.74, 6) is 0.742. The van der Waals surface area contributed by atoms with Gasteiger partial charge in [-0.15, -0.1) is 0 Å². The molecule has 0 aliphatic carbocycles. The van der Waals surface area contributed by atoms with Crippen LogP contribution in [0, 0.1) is 0 Å². The number of benzene rings is 7. The fourth-order valence-corrected chi connectivity index (χ4v) is 6.00. The van der Waals surface area contributed by atoms with Gasteiger partial charge in [-0.3, -0.25) is 0 Å². The number of fused-ring (bicyclic) bond motifs is 5. The van der Waals surface area contributed by atoms with E-state index >= 15 is 0 Å². The van der Waals surface area contributed by atoms with Gasteiger partial charge in [0.15, 0.2) is 5.82 Å². The third kappa shape index (κ3) is 3.58. The van der Waals surface area contributed by atoms with Crippen LogP contribution in [0.25, 0.3) is 77.0 Å². The SMILES string of the molecule is c1ccc(-c2nc(-c3cccc4ccccc34)nc3c2cc(-c2cccc4ccccc24)c2ccccc23)cc1. The second-order valence-corrected chi connectivity index (χ2v) is 10.2. The predicted octanol–water partition coefficient (Wildman–Crippen LogP) is 10.1. The Hall–Kier alpha value is -5.34. The van der Waals surface area contributed by atoms with Crippen LogP contribution in [-0.2, 0) is 0 Å². The first-order chi connectivity index (χ1) is 19.8. The molecule has 0 aliphatic rings. The van der Waals surface area contributed by atoms with Gasteiger partial charge in [0, 0.05) is 21.9 Å². The van der Waals surface area contributed by atoms with E-state index in [1.165, 1.54) is 32.7 Å². The highest BCUT2D eigenvalue weighted by atomic mass is 14.9. The lowest BCUT2D eigenvalue weighted by molar-refractivity contribution is 1.24. The van der Waals surface area contributed by atoms with Crippen molar-refractivity contribution in [1.82, 2.24) is 9.97 Å². The zero-order valence-corrected chi connectivity index (χ0v) is 21.8. The third-order valence-corrected chi connectivity index (χ3v) is 7.86. The number of nitrogens with zero attached hydrogens (tertiary/aromatic N) is 2. The lowest BCUT2D eigenvalue weighted by Gasteiger charge is -2.16. The van der Waals surface area contributed by atoms with Crippen LogP contribution in [0.5, 0.6) is 0 Å². The van der Waals surface area contributed by atoms with Gasteiger partial charge in [0.2, 0.25) is 0 Å². The van der Waals surface area contributed by atoms with Crippen LogP contribution in [0.3, 0.4) is 0 Å². The van der Waals surface area contributed by atoms with Gasteiger partial charge < -0.3 is 0 Å². The van der Waals surface area contributed by atoms with Crippen molar-refractivity contribution in [3.05, 3.63) is 146 Å². The van der Waals surface area contributed by atoms with Crippen molar-refractivity contribution >= 4 is 43.2 Å². The van der Waals surface area contributed by atoms with E-state index in [0.29, 0.717) is 0 Å². The highest BCUT2D eigenvalue weighted by Crippen LogP contribution is 2.41. The Kier molecular flexibility index (Phi) is 5.17. The smallest absolute Gasteiger partial charge is 0.161 e. The predicted molar refractivity (Wildman–Crippen MR) is 168 cm³/mol. The Balaban J connectivity index is 1.52. The molecule has 40 heavy (non-hydrogen) atoms. The average Bonchev–Trinajstić information content (AvgIpc) is 3.04. The Morgan fingerprint density at radius 2 is 0.900 bits per heavy atom. The van der Waals surface area contributed by atoms with Crippen LogP contribution in [0.2, 0.25) is 0 Å². The summed E-state index contributed by atoms with van der Waals surface area (Å²) >= 11 is 0. The molecule has 0 unspecified atom stereocenters. The molecule has 0 saturated carbocycles. The Bertz CT molecular complexity index is 2200. The molecule has 1 heterocycles. The Labute approximate surface area is 232 Å². The Morgan fingerprint density at radius 1 is 0.350 bits per heavy atom. The molecule has 0 fully saturated rings. The summed E-state index contributed by atoms with van der Waals surface area (Å²) in [6.45, 7) is 0. The van der Waals surface area contributed by atoms with Gasteiger partial charge in [0.1, 0.15) is 0 Å². The van der Waals surface area contributed by atoms with Crippen LogP contribution in [-0.4, -0.2) is 9.97 Å². The van der Waals surface area contributed by atoms with Crippen molar-refractivity contribution < 1.29 is 0 Å². The maximum Gasteiger partial charge on any atom is 0.161 e. The van der Waals surface area contributed by atoms with E-state index in [1.54, 1.807) is 0 Å². The van der Waals surface area contributed by atoms with Crippen LogP contribution in [0.4, 0.5) is 0 Å². The van der Waals surface area contributed by atoms with Gasteiger partial charge in [-0.25, -0.2) is 9.97 Å². The molecule has 0 spiro atoms. The molecule has 8 aromatic rings. The third-order valence-electron chi connectivity index (χ3n) is 7.86. The number of hydrogen-bond acceptors (Lipinski definition) is 2. The zero-order valence-electron chi connectivity index (χ0n) is 21.8. The monoisotopic (exact) mass is 508 g/mol. The van der Waals surface area contributed by atoms with E-state index in [2.05, 4.69) is 146 Å². The molecule has 0 N–H and O–H groups in total. The maximum atomic E-state index is 5.30. The standard InChI is InChI=1S/C38H24N2/c1-2-14-27(15-3-1)36-35-24-34(30-22-10-16-25-12-4-6-18-28(25)30)31-20-8-9-21-32(31)37(35)40-38(39-36)33-23-11-17-26-13-5-7-19-29(26)33/h1-24H. The van der Waals surface area contributed by atoms with E-state index in [9.17, 15) is 0 Å². The molecule has 8 rings (SSSR count). The van der Waals surface area contributed by atoms with Crippen molar-refractivity contribution in [2.45, 2.75) is 0 Å². The molecule has 0 aliphatic heterocycles. The topological polar surface area (TPSA) is 25.8 Å². The van der Waals surface area contributed by atoms with Gasteiger partial charge >= 0.3 is 0 Å². The van der Waals surface area contributed by atoms with Crippen molar-refractivity contribution in [2.24, 2.45) is 0 Å². The van der Waals surface area contributed by atoms with Crippen molar-refractivity contribution in [2.75, 3.05) is 0 Å². The average molecular weight is 509 g/mol. The van der Waals surface area contributed by atoms with Crippen LogP contribution < -0.4 is 0 Å². The van der Waals surface area contributed by atoms with Crippen LogP contribution in [0.15, 0.2) is 146 Å². The molecular formula is C38H24N2. The number of aromatic nitrogens is 2. The van der Waals surface area contributed by atoms with Crippen LogP contribution >= 0.6 is 0 Å². The molecule has 0 bridgehead atoms. The summed E-state index contributed by atoms with van der Waals surface area (Å²) in [5.41, 5.74) is 6.44. The van der Waals surface area contributed by atoms with Crippen molar-refractivity contribution in [3.8, 4) is 33.8 Å². The molecule has 0 amide bonds. The van der Waals surface area contributed by atoms with Gasteiger partial charge in [0.25, 0.3) is 0 Å². The quantitative estimate of drug-likeness (QED) is 0.222. The lowest BCUT2D eigenvalue weighted by Crippen LogP contribution is -1.98. The minimum atomic E-state index is 0.742. The summed E-state index contributed by atoms with van der Waals surface area (Å²) in [6.07, 6.45) is 0. The van der Waals surface area contributed by atoms with E-state index < -0.39 is 0 Å². The molecule has 0 radical (unpaired) electrons. The normalized spacial score (nSPS) is 11.5. The number of hydrogen-bond donors (Lipinski definition) is 0. The lowest BCUT2D eigenvalue weighted by atomic mass is 9.91. The molecular weight excluding hydrogens is 484 g/mol. The van der Waals surface area contributed by atoms with Gasteiger partial charge in [0.05, 0.1) is 11.2 Å². The van der Waals surface area contributed by atoms with E-state index in [-0.39, 0.29) is 0 Å². The van der Waals surface area contributed by atoms with Crippen molar-refractivity contribution in [3.63, 3.8) is 0 Å². The summed E-state index contributed by atoms with van der Waals surface area (Å²) in [6, 6.07) is 51.4. The fourth-order valence-electron chi connectivity index (χ4n) is 6.00. The van der Waals surface area contributed by atoms with E-state index in [0.717, 1.165) is 44.3 Å². The second kappa shape index (κ2) is 9.14. The maximum absolute atomic E-state index is 5.30. The highest BCUT2D eigenvalue weighted by Gasteiger charge is 2.18. The van der Waals surface area contributed by atoms with Gasteiger partial charge in [-0.2, -0.15) is 0 Å². The first kappa shape index (κ1) is 22.6. The Morgan fingerprint density at radius 3 is 1.62 bits per heavy atom. The summed E-state index contributed by atoms with van der Waals surface area (Å²) in [4.78, 5) is 10.6. The first-order valence-corrected chi connectivity index (χ1v) is 13.6. The number of rotatable bonds is 3. The molecule has 2 nitrogen and oxygen atoms in total. The molecule has 0 saturated heterocycles. The fraction of sp³-hybridized carbons (Fsp3) is 0. The van der Waals surface area contributed by atoms with Crippen molar-refractivity contribution in [1.29, 1.82) is 0 Å². The summed E-state index contributed by atoms with van der Waals surface area (Å²) in [5, 5.41) is 8.17. The molecule has 7 aromatic carbocycles. The first-order valence-electron chi connectivity index (χ1n) is 13.6. The molecule has 0 atom stereocenters. The largest absolute Gasteiger partial charge is 0.227 e. The molecule has 186 valence electrons. The summed E-state index contributed by atoms with van der Waals surface area (Å²) < 4.78 is 0. The minimum Gasteiger partial charge on any atom is -0.227 e. The minimum absolute atomic E-state index is 0.742. The van der Waals surface area contributed by atoms with E-state index in [1.807, 2.05) is 0 Å². The van der Waals surface area contributed by atoms with E-state index in [4.69, 9.17) is 9.97 Å². The summed E-state index contributed by atoms with van der Waals surface area (Å²) in [7, 11) is 0. The van der Waals surface area contributed by atoms with Crippen LogP contribution in [0.1, 0.15) is 0 Å². The zero-order chi connectivity index (χ0) is 26.5. The second-order valence-electron chi connectivity index (χ2n) is 10.2. The molecule has 2 heteroatoms. The highest BCUT2D eigenvalue weighted by molar-refractivity contribution is 6.17. The molecule has 1 aromatic heterocycles. The van der Waals surface area contributed by atoms with Gasteiger partial charge in [-0.1, -0.05) is 140 Å².